The summed E-state index contributed by atoms with van der Waals surface area (Å²) in [5.74, 6) is -0.505. The standard InChI is InChI=1S/C22H26FIN2O3/c1-3-4-13-25-22(28)16(2)26(14-17-7-5-6-8-20(17)23)21(27)15-29-19-11-9-18(24)10-12-19/h5-12,16H,3-4,13-15H2,1-2H3,(H,25,28). The Kier molecular flexibility index (Phi) is 9.37. The van der Waals surface area contributed by atoms with Crippen LogP contribution in [-0.2, 0) is 16.1 Å². The maximum atomic E-state index is 14.1. The fourth-order valence-corrected chi connectivity index (χ4v) is 3.05. The van der Waals surface area contributed by atoms with Gasteiger partial charge in [0.15, 0.2) is 6.61 Å². The molecule has 0 spiro atoms. The van der Waals surface area contributed by atoms with Crippen LogP contribution in [0.15, 0.2) is 48.5 Å². The van der Waals surface area contributed by atoms with E-state index in [1.165, 1.54) is 11.0 Å². The van der Waals surface area contributed by atoms with E-state index < -0.39 is 11.9 Å². The SMILES string of the molecule is CCCCNC(=O)C(C)N(Cc1ccccc1F)C(=O)COc1ccc(I)cc1. The summed E-state index contributed by atoms with van der Waals surface area (Å²) in [6.45, 7) is 3.97. The second kappa shape index (κ2) is 11.7. The zero-order valence-electron chi connectivity index (χ0n) is 16.7. The van der Waals surface area contributed by atoms with Gasteiger partial charge >= 0.3 is 0 Å². The van der Waals surface area contributed by atoms with Gasteiger partial charge in [-0.15, -0.1) is 0 Å². The first-order valence-corrected chi connectivity index (χ1v) is 10.7. The first-order valence-electron chi connectivity index (χ1n) is 9.61. The van der Waals surface area contributed by atoms with Gasteiger partial charge in [0.05, 0.1) is 0 Å². The first kappa shape index (κ1) is 23.1. The number of amides is 2. The summed E-state index contributed by atoms with van der Waals surface area (Å²) in [5, 5.41) is 2.83. The molecule has 0 aliphatic rings. The predicted molar refractivity (Wildman–Crippen MR) is 119 cm³/mol. The molecule has 0 heterocycles. The summed E-state index contributed by atoms with van der Waals surface area (Å²) in [5.41, 5.74) is 0.350. The normalized spacial score (nSPS) is 11.6. The van der Waals surface area contributed by atoms with E-state index in [0.29, 0.717) is 17.9 Å². The van der Waals surface area contributed by atoms with E-state index in [2.05, 4.69) is 27.9 Å². The summed E-state index contributed by atoms with van der Waals surface area (Å²) in [6.07, 6.45) is 1.81. The smallest absolute Gasteiger partial charge is 0.261 e. The third kappa shape index (κ3) is 7.30. The molecular weight excluding hydrogens is 486 g/mol. The Bertz CT molecular complexity index is 814. The van der Waals surface area contributed by atoms with Crippen molar-refractivity contribution in [2.75, 3.05) is 13.2 Å². The zero-order chi connectivity index (χ0) is 21.2. The van der Waals surface area contributed by atoms with Crippen molar-refractivity contribution in [1.82, 2.24) is 10.2 Å². The molecule has 0 saturated carbocycles. The van der Waals surface area contributed by atoms with Crippen molar-refractivity contribution in [2.45, 2.75) is 39.3 Å². The van der Waals surface area contributed by atoms with Gasteiger partial charge in [-0.05, 0) is 66.3 Å². The zero-order valence-corrected chi connectivity index (χ0v) is 18.8. The highest BCUT2D eigenvalue weighted by molar-refractivity contribution is 14.1. The quantitative estimate of drug-likeness (QED) is 0.385. The molecule has 5 nitrogen and oxygen atoms in total. The van der Waals surface area contributed by atoms with E-state index in [4.69, 9.17) is 4.74 Å². The van der Waals surface area contributed by atoms with Crippen LogP contribution in [0.3, 0.4) is 0 Å². The minimum absolute atomic E-state index is 0.0100. The van der Waals surface area contributed by atoms with Crippen molar-refractivity contribution in [1.29, 1.82) is 0 Å². The van der Waals surface area contributed by atoms with E-state index in [-0.39, 0.29) is 25.0 Å². The molecular formula is C22H26FIN2O3. The van der Waals surface area contributed by atoms with Crippen LogP contribution in [0.1, 0.15) is 32.3 Å². The Morgan fingerprint density at radius 3 is 2.52 bits per heavy atom. The molecule has 2 amide bonds. The summed E-state index contributed by atoms with van der Waals surface area (Å²) in [7, 11) is 0. The highest BCUT2D eigenvalue weighted by atomic mass is 127. The molecule has 29 heavy (non-hydrogen) atoms. The van der Waals surface area contributed by atoms with Crippen LogP contribution in [0.5, 0.6) is 5.75 Å². The van der Waals surface area contributed by atoms with E-state index >= 15 is 0 Å². The Labute approximate surface area is 184 Å². The topological polar surface area (TPSA) is 58.6 Å². The van der Waals surface area contributed by atoms with E-state index in [1.54, 1.807) is 37.3 Å². The number of benzene rings is 2. The van der Waals surface area contributed by atoms with E-state index in [9.17, 15) is 14.0 Å². The van der Waals surface area contributed by atoms with Gasteiger partial charge in [0.25, 0.3) is 5.91 Å². The van der Waals surface area contributed by atoms with Gasteiger partial charge < -0.3 is 15.0 Å². The van der Waals surface area contributed by atoms with Crippen LogP contribution in [0.2, 0.25) is 0 Å². The molecule has 1 unspecified atom stereocenters. The molecule has 0 aliphatic carbocycles. The average molecular weight is 512 g/mol. The molecule has 2 aromatic carbocycles. The number of hydrogen-bond donors (Lipinski definition) is 1. The lowest BCUT2D eigenvalue weighted by atomic mass is 10.1. The molecule has 0 aromatic heterocycles. The number of halogens is 2. The second-order valence-electron chi connectivity index (χ2n) is 6.68. The monoisotopic (exact) mass is 512 g/mol. The van der Waals surface area contributed by atoms with Gasteiger partial charge in [0.2, 0.25) is 5.91 Å². The highest BCUT2D eigenvalue weighted by Crippen LogP contribution is 2.16. The number of hydrogen-bond acceptors (Lipinski definition) is 3. The number of unbranched alkanes of at least 4 members (excludes halogenated alkanes) is 1. The lowest BCUT2D eigenvalue weighted by Crippen LogP contribution is -2.49. The van der Waals surface area contributed by atoms with Crippen LogP contribution in [0, 0.1) is 9.39 Å². The molecule has 7 heteroatoms. The fraction of sp³-hybridized carbons (Fsp3) is 0.364. The summed E-state index contributed by atoms with van der Waals surface area (Å²) >= 11 is 2.18. The maximum Gasteiger partial charge on any atom is 0.261 e. The largest absolute Gasteiger partial charge is 0.484 e. The number of carbonyl (C=O) groups is 2. The highest BCUT2D eigenvalue weighted by Gasteiger charge is 2.27. The predicted octanol–water partition coefficient (Wildman–Crippen LogP) is 4.14. The van der Waals surface area contributed by atoms with Gasteiger partial charge in [-0.3, -0.25) is 9.59 Å². The number of ether oxygens (including phenoxy) is 1. The van der Waals surface area contributed by atoms with Crippen molar-refractivity contribution in [3.63, 3.8) is 0 Å². The Morgan fingerprint density at radius 2 is 1.86 bits per heavy atom. The molecule has 0 aliphatic heterocycles. The summed E-state index contributed by atoms with van der Waals surface area (Å²) < 4.78 is 20.8. The molecule has 0 fully saturated rings. The molecule has 0 radical (unpaired) electrons. The molecule has 2 aromatic rings. The van der Waals surface area contributed by atoms with E-state index in [1.807, 2.05) is 19.1 Å². The lowest BCUT2D eigenvalue weighted by molar-refractivity contribution is -0.142. The molecule has 2 rings (SSSR count). The third-order valence-corrected chi connectivity index (χ3v) is 5.19. The summed E-state index contributed by atoms with van der Waals surface area (Å²) in [6, 6.07) is 12.8. The van der Waals surface area contributed by atoms with Crippen LogP contribution in [0.4, 0.5) is 4.39 Å². The third-order valence-electron chi connectivity index (χ3n) is 4.47. The van der Waals surface area contributed by atoms with Crippen molar-refractivity contribution < 1.29 is 18.7 Å². The lowest BCUT2D eigenvalue weighted by Gasteiger charge is -2.29. The van der Waals surface area contributed by atoms with Crippen LogP contribution < -0.4 is 10.1 Å². The minimum atomic E-state index is -0.751. The van der Waals surface area contributed by atoms with Crippen molar-refractivity contribution >= 4 is 34.4 Å². The van der Waals surface area contributed by atoms with Gasteiger partial charge in [-0.2, -0.15) is 0 Å². The second-order valence-corrected chi connectivity index (χ2v) is 7.92. The molecule has 1 atom stereocenters. The Morgan fingerprint density at radius 1 is 1.17 bits per heavy atom. The average Bonchev–Trinajstić information content (AvgIpc) is 2.72. The number of nitrogens with zero attached hydrogens (tertiary/aromatic N) is 1. The van der Waals surface area contributed by atoms with Crippen molar-refractivity contribution in [3.05, 3.63) is 63.5 Å². The summed E-state index contributed by atoms with van der Waals surface area (Å²) in [4.78, 5) is 26.7. The van der Waals surface area contributed by atoms with Gasteiger partial charge in [0.1, 0.15) is 17.6 Å². The molecule has 1 N–H and O–H groups in total. The molecule has 156 valence electrons. The molecule has 0 bridgehead atoms. The first-order chi connectivity index (χ1) is 13.9. The number of carbonyl (C=O) groups excluding carboxylic acids is 2. The maximum absolute atomic E-state index is 14.1. The van der Waals surface area contributed by atoms with Crippen LogP contribution in [-0.4, -0.2) is 35.9 Å². The van der Waals surface area contributed by atoms with Crippen LogP contribution in [0.25, 0.3) is 0 Å². The number of rotatable bonds is 10. The fourth-order valence-electron chi connectivity index (χ4n) is 2.69. The number of nitrogens with one attached hydrogen (secondary N) is 1. The Balaban J connectivity index is 2.11. The van der Waals surface area contributed by atoms with Gasteiger partial charge in [-0.1, -0.05) is 31.5 Å². The van der Waals surface area contributed by atoms with Gasteiger partial charge in [0, 0.05) is 22.2 Å². The van der Waals surface area contributed by atoms with Crippen molar-refractivity contribution in [3.8, 4) is 5.75 Å². The van der Waals surface area contributed by atoms with Crippen LogP contribution >= 0.6 is 22.6 Å². The van der Waals surface area contributed by atoms with Crippen molar-refractivity contribution in [2.24, 2.45) is 0 Å². The van der Waals surface area contributed by atoms with Gasteiger partial charge in [-0.25, -0.2) is 4.39 Å². The Hall–Kier alpha value is -2.16. The van der Waals surface area contributed by atoms with E-state index in [0.717, 1.165) is 16.4 Å². The molecule has 0 saturated heterocycles. The minimum Gasteiger partial charge on any atom is -0.484 e.